The van der Waals surface area contributed by atoms with Crippen molar-refractivity contribution in [2.45, 2.75) is 24.2 Å². The molecule has 0 aromatic carbocycles. The molecular formula is C15H11F6N3O2S. The Hall–Kier alpha value is -2.34. The van der Waals surface area contributed by atoms with Gasteiger partial charge in [0, 0.05) is 18.5 Å². The Morgan fingerprint density at radius 2 is 1.67 bits per heavy atom. The summed E-state index contributed by atoms with van der Waals surface area (Å²) in [6, 6.07) is 2.11. The molecule has 1 N–H and O–H groups in total. The molecule has 1 amide bonds. The highest BCUT2D eigenvalue weighted by Crippen LogP contribution is 2.32. The van der Waals surface area contributed by atoms with E-state index < -0.39 is 51.2 Å². The van der Waals surface area contributed by atoms with E-state index in [1.165, 1.54) is 6.92 Å². The van der Waals surface area contributed by atoms with E-state index in [9.17, 15) is 35.7 Å². The zero-order valence-electron chi connectivity index (χ0n) is 13.5. The maximum absolute atomic E-state index is 12.8. The Bertz CT molecular complexity index is 824. The Kier molecular flexibility index (Phi) is 6.00. The Morgan fingerprint density at radius 3 is 2.15 bits per heavy atom. The number of anilines is 1. The SMILES string of the molecule is CC[S+]([O-])c1cc(C(F)(F)F)cnc1C(=O)Nc1ccc(C(F)(F)F)cn1. The second kappa shape index (κ2) is 7.72. The number of carbonyl (C=O) groups is 1. The molecule has 2 rings (SSSR count). The lowest BCUT2D eigenvalue weighted by Gasteiger charge is -2.14. The molecule has 12 heteroatoms. The third-order valence-electron chi connectivity index (χ3n) is 3.24. The van der Waals surface area contributed by atoms with Crippen LogP contribution in [0.3, 0.4) is 0 Å². The lowest BCUT2D eigenvalue weighted by atomic mass is 10.2. The van der Waals surface area contributed by atoms with E-state index >= 15 is 0 Å². The molecule has 2 aromatic rings. The molecule has 2 heterocycles. The number of carbonyl (C=O) groups excluding carboxylic acids is 1. The van der Waals surface area contributed by atoms with Crippen LogP contribution in [0.5, 0.6) is 0 Å². The Balaban J connectivity index is 2.32. The van der Waals surface area contributed by atoms with Gasteiger partial charge in [-0.15, -0.1) is 0 Å². The predicted octanol–water partition coefficient (Wildman–Crippen LogP) is 3.89. The molecule has 2 aromatic heterocycles. The number of aromatic nitrogens is 2. The largest absolute Gasteiger partial charge is 0.611 e. The van der Waals surface area contributed by atoms with Crippen LogP contribution in [-0.2, 0) is 23.5 Å². The van der Waals surface area contributed by atoms with Crippen molar-refractivity contribution in [1.82, 2.24) is 9.97 Å². The molecule has 0 spiro atoms. The number of alkyl halides is 6. The normalized spacial score (nSPS) is 13.3. The van der Waals surface area contributed by atoms with Gasteiger partial charge in [-0.25, -0.2) is 9.97 Å². The minimum atomic E-state index is -4.75. The van der Waals surface area contributed by atoms with Crippen molar-refractivity contribution in [2.75, 3.05) is 11.1 Å². The Morgan fingerprint density at radius 1 is 1.07 bits per heavy atom. The molecule has 1 atom stereocenters. The minimum absolute atomic E-state index is 0.0677. The number of halogens is 6. The van der Waals surface area contributed by atoms with Gasteiger partial charge >= 0.3 is 12.4 Å². The molecule has 0 bridgehead atoms. The summed E-state index contributed by atoms with van der Waals surface area (Å²) in [7, 11) is 0. The summed E-state index contributed by atoms with van der Waals surface area (Å²) in [6.07, 6.45) is -8.47. The van der Waals surface area contributed by atoms with Crippen LogP contribution in [-0.4, -0.2) is 26.2 Å². The quantitative estimate of drug-likeness (QED) is 0.612. The van der Waals surface area contributed by atoms with E-state index in [4.69, 9.17) is 0 Å². The Labute approximate surface area is 152 Å². The molecule has 5 nitrogen and oxygen atoms in total. The number of rotatable bonds is 4. The molecule has 0 saturated heterocycles. The van der Waals surface area contributed by atoms with Gasteiger partial charge in [0.2, 0.25) is 0 Å². The van der Waals surface area contributed by atoms with Crippen LogP contribution in [0.1, 0.15) is 28.5 Å². The first-order valence-electron chi connectivity index (χ1n) is 7.23. The highest BCUT2D eigenvalue weighted by atomic mass is 32.2. The van der Waals surface area contributed by atoms with Crippen molar-refractivity contribution in [3.05, 3.63) is 47.4 Å². The maximum atomic E-state index is 12.8. The van der Waals surface area contributed by atoms with Crippen LogP contribution in [0, 0.1) is 0 Å². The van der Waals surface area contributed by atoms with Gasteiger partial charge in [-0.3, -0.25) is 4.79 Å². The van der Waals surface area contributed by atoms with E-state index in [1.807, 2.05) is 0 Å². The highest BCUT2D eigenvalue weighted by molar-refractivity contribution is 7.91. The van der Waals surface area contributed by atoms with E-state index in [2.05, 4.69) is 15.3 Å². The summed E-state index contributed by atoms with van der Waals surface area (Å²) >= 11 is -1.93. The van der Waals surface area contributed by atoms with Crippen LogP contribution in [0.2, 0.25) is 0 Å². The summed E-state index contributed by atoms with van der Waals surface area (Å²) in [4.78, 5) is 18.7. The summed E-state index contributed by atoms with van der Waals surface area (Å²) in [6.45, 7) is 1.44. The topological polar surface area (TPSA) is 77.9 Å². The third-order valence-corrected chi connectivity index (χ3v) is 4.56. The van der Waals surface area contributed by atoms with E-state index in [0.29, 0.717) is 24.5 Å². The molecule has 0 aliphatic heterocycles. The fourth-order valence-corrected chi connectivity index (χ4v) is 2.84. The number of hydrogen-bond acceptors (Lipinski definition) is 4. The lowest BCUT2D eigenvalue weighted by Crippen LogP contribution is -2.21. The second-order valence-corrected chi connectivity index (χ2v) is 6.79. The zero-order valence-corrected chi connectivity index (χ0v) is 14.3. The van der Waals surface area contributed by atoms with E-state index in [0.717, 1.165) is 6.07 Å². The van der Waals surface area contributed by atoms with Crippen molar-refractivity contribution in [2.24, 2.45) is 0 Å². The average molecular weight is 411 g/mol. The molecule has 0 saturated carbocycles. The van der Waals surface area contributed by atoms with Crippen molar-refractivity contribution in [1.29, 1.82) is 0 Å². The van der Waals surface area contributed by atoms with Crippen molar-refractivity contribution in [3.8, 4) is 0 Å². The van der Waals surface area contributed by atoms with E-state index in [-0.39, 0.29) is 11.6 Å². The number of nitrogens with zero attached hydrogens (tertiary/aromatic N) is 2. The molecule has 1 unspecified atom stereocenters. The summed E-state index contributed by atoms with van der Waals surface area (Å²) < 4.78 is 87.9. The summed E-state index contributed by atoms with van der Waals surface area (Å²) in [5.74, 6) is -1.39. The molecular weight excluding hydrogens is 400 g/mol. The molecule has 0 aliphatic carbocycles. The smallest absolute Gasteiger partial charge is 0.418 e. The summed E-state index contributed by atoms with van der Waals surface area (Å²) in [5, 5.41) is 2.12. The van der Waals surface area contributed by atoms with Crippen LogP contribution < -0.4 is 5.32 Å². The molecule has 0 radical (unpaired) electrons. The van der Waals surface area contributed by atoms with Gasteiger partial charge in [-0.1, -0.05) is 0 Å². The van der Waals surface area contributed by atoms with Gasteiger partial charge in [-0.05, 0) is 30.2 Å². The van der Waals surface area contributed by atoms with Crippen molar-refractivity contribution >= 4 is 22.9 Å². The lowest BCUT2D eigenvalue weighted by molar-refractivity contribution is -0.138. The minimum Gasteiger partial charge on any atom is -0.611 e. The van der Waals surface area contributed by atoms with E-state index in [1.54, 1.807) is 0 Å². The first-order chi connectivity index (χ1) is 12.4. The van der Waals surface area contributed by atoms with Crippen LogP contribution in [0.4, 0.5) is 32.2 Å². The molecule has 0 fully saturated rings. The summed E-state index contributed by atoms with van der Waals surface area (Å²) in [5.41, 5.74) is -2.76. The molecule has 27 heavy (non-hydrogen) atoms. The van der Waals surface area contributed by atoms with Crippen LogP contribution >= 0.6 is 0 Å². The van der Waals surface area contributed by atoms with Crippen LogP contribution in [0.25, 0.3) is 0 Å². The second-order valence-electron chi connectivity index (χ2n) is 5.09. The van der Waals surface area contributed by atoms with Gasteiger partial charge in [0.05, 0.1) is 11.1 Å². The fraction of sp³-hybridized carbons (Fsp3) is 0.267. The number of pyridine rings is 2. The van der Waals surface area contributed by atoms with Gasteiger partial charge in [0.25, 0.3) is 5.91 Å². The molecule has 0 aliphatic rings. The first-order valence-corrected chi connectivity index (χ1v) is 8.55. The number of amides is 1. The number of nitrogens with one attached hydrogen (secondary N) is 1. The monoisotopic (exact) mass is 411 g/mol. The first kappa shape index (κ1) is 21.0. The third kappa shape index (κ3) is 5.10. The van der Waals surface area contributed by atoms with Gasteiger partial charge < -0.3 is 9.87 Å². The average Bonchev–Trinajstić information content (AvgIpc) is 2.59. The maximum Gasteiger partial charge on any atom is 0.418 e. The number of hydrogen-bond donors (Lipinski definition) is 1. The van der Waals surface area contributed by atoms with Gasteiger partial charge in [0.1, 0.15) is 11.6 Å². The highest BCUT2D eigenvalue weighted by Gasteiger charge is 2.35. The van der Waals surface area contributed by atoms with Crippen molar-refractivity contribution < 1.29 is 35.7 Å². The van der Waals surface area contributed by atoms with Gasteiger partial charge in [0.15, 0.2) is 10.6 Å². The molecule has 146 valence electrons. The predicted molar refractivity (Wildman–Crippen MR) is 83.4 cm³/mol. The standard InChI is InChI=1S/C15H11F6N3O2S/c1-2-27(26)10-5-9(15(19,20)21)7-23-12(10)13(25)24-11-4-3-8(6-22-11)14(16,17)18/h3-7H,2H2,1H3,(H,22,24,25). The van der Waals surface area contributed by atoms with Crippen molar-refractivity contribution in [3.63, 3.8) is 0 Å². The zero-order chi connectivity index (χ0) is 20.4. The van der Waals surface area contributed by atoms with Crippen LogP contribution in [0.15, 0.2) is 35.5 Å². The fourth-order valence-electron chi connectivity index (χ4n) is 1.91. The van der Waals surface area contributed by atoms with Gasteiger partial charge in [-0.2, -0.15) is 26.3 Å².